The molecule has 1 aliphatic rings. The van der Waals surface area contributed by atoms with Crippen molar-refractivity contribution >= 4 is 5.97 Å². The van der Waals surface area contributed by atoms with Crippen molar-refractivity contribution in [3.8, 4) is 17.0 Å². The standard InChI is InChI=1S/C14H14N2O4/c1-16-7-11(8-16)19-10-4-2-9(3-5-10)12-6-13(14(17)18)20-15-12/h2-6,11H,7-8H2,1H3,(H,17,18). The first-order chi connectivity index (χ1) is 9.61. The molecule has 20 heavy (non-hydrogen) atoms. The third-order valence-corrected chi connectivity index (χ3v) is 3.20. The van der Waals surface area contributed by atoms with Gasteiger partial charge in [0, 0.05) is 24.7 Å². The van der Waals surface area contributed by atoms with Crippen molar-refractivity contribution < 1.29 is 19.2 Å². The van der Waals surface area contributed by atoms with Gasteiger partial charge < -0.3 is 14.4 Å². The van der Waals surface area contributed by atoms with E-state index in [2.05, 4.69) is 10.1 Å². The molecular formula is C14H14N2O4. The molecule has 1 N–H and O–H groups in total. The summed E-state index contributed by atoms with van der Waals surface area (Å²) in [5, 5.41) is 12.5. The molecule has 104 valence electrons. The van der Waals surface area contributed by atoms with E-state index in [9.17, 15) is 4.79 Å². The van der Waals surface area contributed by atoms with Crippen molar-refractivity contribution in [2.45, 2.75) is 6.10 Å². The van der Waals surface area contributed by atoms with Gasteiger partial charge in [0.1, 0.15) is 17.5 Å². The Labute approximate surface area is 115 Å². The number of benzene rings is 1. The molecule has 3 rings (SSSR count). The molecule has 0 bridgehead atoms. The second-order valence-electron chi connectivity index (χ2n) is 4.87. The fourth-order valence-electron chi connectivity index (χ4n) is 2.13. The summed E-state index contributed by atoms with van der Waals surface area (Å²) in [4.78, 5) is 12.9. The van der Waals surface area contributed by atoms with E-state index in [0.717, 1.165) is 24.4 Å². The van der Waals surface area contributed by atoms with Gasteiger partial charge in [-0.3, -0.25) is 4.90 Å². The minimum absolute atomic E-state index is 0.169. The van der Waals surface area contributed by atoms with Gasteiger partial charge in [0.25, 0.3) is 0 Å². The Morgan fingerprint density at radius 2 is 2.10 bits per heavy atom. The molecule has 0 aliphatic carbocycles. The Morgan fingerprint density at radius 1 is 1.40 bits per heavy atom. The van der Waals surface area contributed by atoms with Crippen molar-refractivity contribution in [3.63, 3.8) is 0 Å². The van der Waals surface area contributed by atoms with E-state index >= 15 is 0 Å². The molecule has 0 unspecified atom stereocenters. The molecule has 6 heteroatoms. The van der Waals surface area contributed by atoms with Crippen LogP contribution in [0.5, 0.6) is 5.75 Å². The number of rotatable bonds is 4. The van der Waals surface area contributed by atoms with E-state index in [1.165, 1.54) is 6.07 Å². The molecule has 1 aromatic heterocycles. The fourth-order valence-corrected chi connectivity index (χ4v) is 2.13. The lowest BCUT2D eigenvalue weighted by Gasteiger charge is -2.35. The minimum Gasteiger partial charge on any atom is -0.488 e. The predicted molar refractivity (Wildman–Crippen MR) is 70.8 cm³/mol. The normalized spacial score (nSPS) is 15.8. The maximum absolute atomic E-state index is 10.7. The number of likely N-dealkylation sites (N-methyl/N-ethyl adjacent to an activating group) is 1. The largest absolute Gasteiger partial charge is 0.488 e. The van der Waals surface area contributed by atoms with E-state index in [0.29, 0.717) is 5.69 Å². The number of likely N-dealkylation sites (tertiary alicyclic amines) is 1. The molecule has 0 spiro atoms. The van der Waals surface area contributed by atoms with Gasteiger partial charge in [-0.25, -0.2) is 4.79 Å². The topological polar surface area (TPSA) is 75.8 Å². The SMILES string of the molecule is CN1CC(Oc2ccc(-c3cc(C(=O)O)on3)cc2)C1. The molecule has 0 atom stereocenters. The zero-order chi connectivity index (χ0) is 14.1. The van der Waals surface area contributed by atoms with Crippen LogP contribution in [-0.2, 0) is 0 Å². The van der Waals surface area contributed by atoms with Crippen molar-refractivity contribution in [1.29, 1.82) is 0 Å². The van der Waals surface area contributed by atoms with Crippen LogP contribution in [0, 0.1) is 0 Å². The molecule has 0 radical (unpaired) electrons. The summed E-state index contributed by atoms with van der Waals surface area (Å²) in [5.74, 6) is -0.496. The Kier molecular flexibility index (Phi) is 3.15. The number of hydrogen-bond acceptors (Lipinski definition) is 5. The molecule has 2 aromatic rings. The zero-order valence-electron chi connectivity index (χ0n) is 10.9. The number of hydrogen-bond donors (Lipinski definition) is 1. The Morgan fingerprint density at radius 3 is 2.65 bits per heavy atom. The van der Waals surface area contributed by atoms with E-state index < -0.39 is 5.97 Å². The average molecular weight is 274 g/mol. The lowest BCUT2D eigenvalue weighted by molar-refractivity contribution is 0.0388. The average Bonchev–Trinajstić information content (AvgIpc) is 2.87. The van der Waals surface area contributed by atoms with Gasteiger partial charge in [0.2, 0.25) is 5.76 Å². The van der Waals surface area contributed by atoms with Crippen LogP contribution in [0.4, 0.5) is 0 Å². The molecule has 0 amide bonds. The first kappa shape index (κ1) is 12.7. The minimum atomic E-state index is -1.13. The lowest BCUT2D eigenvalue weighted by atomic mass is 10.1. The molecule has 1 aliphatic heterocycles. The number of aromatic carboxylic acids is 1. The number of carboxylic acids is 1. The Hall–Kier alpha value is -2.34. The van der Waals surface area contributed by atoms with Crippen LogP contribution in [0.15, 0.2) is 34.9 Å². The van der Waals surface area contributed by atoms with Crippen LogP contribution in [-0.4, -0.2) is 47.4 Å². The second kappa shape index (κ2) is 4.97. The lowest BCUT2D eigenvalue weighted by Crippen LogP contribution is -2.51. The van der Waals surface area contributed by atoms with Crippen LogP contribution < -0.4 is 4.74 Å². The molecular weight excluding hydrogens is 260 g/mol. The van der Waals surface area contributed by atoms with Crippen LogP contribution in [0.25, 0.3) is 11.3 Å². The van der Waals surface area contributed by atoms with Crippen molar-refractivity contribution in [2.75, 3.05) is 20.1 Å². The van der Waals surface area contributed by atoms with E-state index in [-0.39, 0.29) is 11.9 Å². The highest BCUT2D eigenvalue weighted by Crippen LogP contribution is 2.23. The maximum Gasteiger partial charge on any atom is 0.374 e. The summed E-state index contributed by atoms with van der Waals surface area (Å²) in [6.07, 6.45) is 0.247. The van der Waals surface area contributed by atoms with Crippen molar-refractivity contribution in [2.24, 2.45) is 0 Å². The summed E-state index contributed by atoms with van der Waals surface area (Å²) in [6, 6.07) is 8.77. The van der Waals surface area contributed by atoms with Gasteiger partial charge in [0.15, 0.2) is 0 Å². The smallest absolute Gasteiger partial charge is 0.374 e. The van der Waals surface area contributed by atoms with Crippen molar-refractivity contribution in [3.05, 3.63) is 36.1 Å². The number of ether oxygens (including phenoxy) is 1. The zero-order valence-corrected chi connectivity index (χ0v) is 10.9. The predicted octanol–water partition coefficient (Wildman–Crippen LogP) is 1.73. The number of carboxylic acid groups (broad SMARTS) is 1. The highest BCUT2D eigenvalue weighted by Gasteiger charge is 2.24. The quantitative estimate of drug-likeness (QED) is 0.915. The molecule has 2 heterocycles. The fraction of sp³-hybridized carbons (Fsp3) is 0.286. The summed E-state index contributed by atoms with van der Waals surface area (Å²) < 4.78 is 10.5. The monoisotopic (exact) mass is 274 g/mol. The number of nitrogens with zero attached hydrogens (tertiary/aromatic N) is 2. The van der Waals surface area contributed by atoms with Gasteiger partial charge in [0.05, 0.1) is 0 Å². The molecule has 1 fully saturated rings. The number of carbonyl (C=O) groups is 1. The van der Waals surface area contributed by atoms with E-state index in [1.54, 1.807) is 0 Å². The summed E-state index contributed by atoms with van der Waals surface area (Å²) in [5.41, 5.74) is 1.29. The highest BCUT2D eigenvalue weighted by atomic mass is 16.5. The van der Waals surface area contributed by atoms with Crippen LogP contribution in [0.2, 0.25) is 0 Å². The second-order valence-corrected chi connectivity index (χ2v) is 4.87. The van der Waals surface area contributed by atoms with E-state index in [1.807, 2.05) is 31.3 Å². The third kappa shape index (κ3) is 2.50. The first-order valence-corrected chi connectivity index (χ1v) is 6.27. The van der Waals surface area contributed by atoms with Crippen LogP contribution in [0.3, 0.4) is 0 Å². The number of aromatic nitrogens is 1. The van der Waals surface area contributed by atoms with Crippen LogP contribution in [0.1, 0.15) is 10.6 Å². The Bertz CT molecular complexity index is 614. The summed E-state index contributed by atoms with van der Waals surface area (Å²) in [7, 11) is 2.05. The molecule has 0 saturated carbocycles. The van der Waals surface area contributed by atoms with Gasteiger partial charge >= 0.3 is 5.97 Å². The molecule has 6 nitrogen and oxygen atoms in total. The first-order valence-electron chi connectivity index (χ1n) is 6.27. The van der Waals surface area contributed by atoms with Gasteiger partial charge in [-0.05, 0) is 31.3 Å². The van der Waals surface area contributed by atoms with Crippen molar-refractivity contribution in [1.82, 2.24) is 10.1 Å². The Balaban J connectivity index is 1.70. The van der Waals surface area contributed by atoms with Crippen LogP contribution >= 0.6 is 0 Å². The highest BCUT2D eigenvalue weighted by molar-refractivity contribution is 5.85. The van der Waals surface area contributed by atoms with Gasteiger partial charge in [-0.15, -0.1) is 0 Å². The third-order valence-electron chi connectivity index (χ3n) is 3.20. The molecule has 1 saturated heterocycles. The molecule has 1 aromatic carbocycles. The van der Waals surface area contributed by atoms with Gasteiger partial charge in [-0.2, -0.15) is 0 Å². The van der Waals surface area contributed by atoms with E-state index in [4.69, 9.17) is 14.4 Å². The van der Waals surface area contributed by atoms with Gasteiger partial charge in [-0.1, -0.05) is 5.16 Å². The summed E-state index contributed by atoms with van der Waals surface area (Å²) in [6.45, 7) is 1.88. The summed E-state index contributed by atoms with van der Waals surface area (Å²) >= 11 is 0. The maximum atomic E-state index is 10.7.